The molecule has 1 aromatic carbocycles. The molecule has 0 aliphatic heterocycles. The Hall–Kier alpha value is -0.870. The topological polar surface area (TPSA) is 40.5 Å². The summed E-state index contributed by atoms with van der Waals surface area (Å²) in [5, 5.41) is 8.96. The Morgan fingerprint density at radius 3 is 2.64 bits per heavy atom. The number of hydrogen-bond acceptors (Lipinski definition) is 2. The zero-order valence-corrected chi connectivity index (χ0v) is 9.71. The van der Waals surface area contributed by atoms with E-state index >= 15 is 0 Å². The van der Waals surface area contributed by atoms with Gasteiger partial charge in [-0.3, -0.25) is 0 Å². The molecule has 0 amide bonds. The minimum absolute atomic E-state index is 0.355. The van der Waals surface area contributed by atoms with Gasteiger partial charge in [0.25, 0.3) is 0 Å². The van der Waals surface area contributed by atoms with Crippen molar-refractivity contribution in [3.63, 3.8) is 0 Å². The minimum atomic E-state index is -0.886. The summed E-state index contributed by atoms with van der Waals surface area (Å²) in [6, 6.07) is 5.20. The molecule has 1 N–H and O–H groups in total. The van der Waals surface area contributed by atoms with E-state index in [0.29, 0.717) is 12.1 Å². The van der Waals surface area contributed by atoms with Crippen molar-refractivity contribution < 1.29 is 9.90 Å². The number of halogens is 1. The van der Waals surface area contributed by atoms with Crippen molar-refractivity contribution in [2.75, 3.05) is 14.1 Å². The summed E-state index contributed by atoms with van der Waals surface area (Å²) in [6.45, 7) is 0.614. The van der Waals surface area contributed by atoms with Gasteiger partial charge in [0, 0.05) is 11.0 Å². The molecule has 0 aliphatic carbocycles. The molecule has 1 rings (SSSR count). The van der Waals surface area contributed by atoms with Crippen LogP contribution in [0.15, 0.2) is 22.7 Å². The zero-order valence-electron chi connectivity index (χ0n) is 8.12. The lowest BCUT2D eigenvalue weighted by atomic mass is 10.1. The molecule has 0 bridgehead atoms. The number of carboxylic acids is 1. The first kappa shape index (κ1) is 11.2. The fraction of sp³-hybridized carbons (Fsp3) is 0.300. The molecular weight excluding hydrogens is 246 g/mol. The van der Waals surface area contributed by atoms with E-state index in [9.17, 15) is 4.79 Å². The first-order valence-electron chi connectivity index (χ1n) is 4.17. The molecule has 4 heteroatoms. The van der Waals surface area contributed by atoms with E-state index in [1.54, 1.807) is 12.1 Å². The highest BCUT2D eigenvalue weighted by molar-refractivity contribution is 9.10. The number of carboxylic acid groups (broad SMARTS) is 1. The van der Waals surface area contributed by atoms with Crippen LogP contribution in [0.25, 0.3) is 0 Å². The van der Waals surface area contributed by atoms with Crippen LogP contribution in [0.2, 0.25) is 0 Å². The van der Waals surface area contributed by atoms with E-state index in [4.69, 9.17) is 5.11 Å². The third-order valence-corrected chi connectivity index (χ3v) is 2.57. The molecule has 0 fully saturated rings. The molecule has 0 aliphatic rings. The summed E-state index contributed by atoms with van der Waals surface area (Å²) in [6.07, 6.45) is 0. The number of rotatable bonds is 3. The Balaban J connectivity index is 3.15. The average Bonchev–Trinajstić information content (AvgIpc) is 2.07. The average molecular weight is 258 g/mol. The van der Waals surface area contributed by atoms with Gasteiger partial charge in [0.2, 0.25) is 0 Å². The predicted molar refractivity (Wildman–Crippen MR) is 58.5 cm³/mol. The molecule has 3 nitrogen and oxygen atoms in total. The van der Waals surface area contributed by atoms with Gasteiger partial charge in [-0.1, -0.05) is 22.0 Å². The van der Waals surface area contributed by atoms with E-state index in [2.05, 4.69) is 15.9 Å². The van der Waals surface area contributed by atoms with Crippen LogP contribution in [0, 0.1) is 0 Å². The summed E-state index contributed by atoms with van der Waals surface area (Å²) >= 11 is 3.35. The van der Waals surface area contributed by atoms with Crippen LogP contribution in [0.4, 0.5) is 0 Å². The Morgan fingerprint density at radius 2 is 2.14 bits per heavy atom. The number of hydrogen-bond donors (Lipinski definition) is 1. The number of benzene rings is 1. The number of nitrogens with zero attached hydrogens (tertiary/aromatic N) is 1. The van der Waals surface area contributed by atoms with Gasteiger partial charge < -0.3 is 10.0 Å². The fourth-order valence-corrected chi connectivity index (χ4v) is 1.73. The maximum atomic E-state index is 10.9. The smallest absolute Gasteiger partial charge is 0.336 e. The van der Waals surface area contributed by atoms with Crippen LogP contribution in [0.3, 0.4) is 0 Å². The molecular formula is C10H12BrNO2. The van der Waals surface area contributed by atoms with E-state index in [1.807, 2.05) is 25.1 Å². The lowest BCUT2D eigenvalue weighted by molar-refractivity contribution is 0.0695. The van der Waals surface area contributed by atoms with Gasteiger partial charge in [-0.2, -0.15) is 0 Å². The van der Waals surface area contributed by atoms with Gasteiger partial charge in [0.1, 0.15) is 0 Å². The summed E-state index contributed by atoms with van der Waals surface area (Å²) < 4.78 is 0.839. The molecule has 0 unspecified atom stereocenters. The second-order valence-corrected chi connectivity index (χ2v) is 4.16. The molecule has 0 aromatic heterocycles. The van der Waals surface area contributed by atoms with Gasteiger partial charge in [-0.25, -0.2) is 4.79 Å². The third-order valence-electron chi connectivity index (χ3n) is 1.82. The first-order chi connectivity index (χ1) is 6.52. The van der Waals surface area contributed by atoms with Crippen molar-refractivity contribution in [2.45, 2.75) is 6.54 Å². The second-order valence-electron chi connectivity index (χ2n) is 3.31. The van der Waals surface area contributed by atoms with Crippen LogP contribution in [-0.4, -0.2) is 30.1 Å². The summed E-state index contributed by atoms with van der Waals surface area (Å²) in [7, 11) is 3.82. The number of carbonyl (C=O) groups is 1. The molecule has 0 radical (unpaired) electrons. The van der Waals surface area contributed by atoms with E-state index < -0.39 is 5.97 Å². The van der Waals surface area contributed by atoms with E-state index in [1.165, 1.54) is 0 Å². The fourth-order valence-electron chi connectivity index (χ4n) is 1.24. The molecule has 0 heterocycles. The first-order valence-corrected chi connectivity index (χ1v) is 4.97. The Bertz CT molecular complexity index is 350. The van der Waals surface area contributed by atoms with Crippen molar-refractivity contribution in [1.29, 1.82) is 0 Å². The Labute approximate surface area is 91.5 Å². The van der Waals surface area contributed by atoms with Crippen LogP contribution in [0.1, 0.15) is 15.9 Å². The Kier molecular flexibility index (Phi) is 3.66. The minimum Gasteiger partial charge on any atom is -0.478 e. The summed E-state index contributed by atoms with van der Waals surface area (Å²) in [5.41, 5.74) is 1.16. The third kappa shape index (κ3) is 2.56. The van der Waals surface area contributed by atoms with Gasteiger partial charge in [0.05, 0.1) is 5.56 Å². The predicted octanol–water partition coefficient (Wildman–Crippen LogP) is 2.21. The van der Waals surface area contributed by atoms with Crippen molar-refractivity contribution in [1.82, 2.24) is 4.90 Å². The monoisotopic (exact) mass is 257 g/mol. The van der Waals surface area contributed by atoms with Gasteiger partial charge in [-0.15, -0.1) is 0 Å². The van der Waals surface area contributed by atoms with Crippen LogP contribution in [-0.2, 0) is 6.54 Å². The lowest BCUT2D eigenvalue weighted by Crippen LogP contribution is -2.14. The molecule has 1 aromatic rings. The second kappa shape index (κ2) is 4.57. The zero-order chi connectivity index (χ0) is 10.7. The standard InChI is InChI=1S/C10H12BrNO2/c1-12(2)6-8-7(10(13)14)4-3-5-9(8)11/h3-5H,6H2,1-2H3,(H,13,14). The largest absolute Gasteiger partial charge is 0.478 e. The van der Waals surface area contributed by atoms with Gasteiger partial charge in [-0.05, 0) is 31.8 Å². The van der Waals surface area contributed by atoms with Crippen molar-refractivity contribution >= 4 is 21.9 Å². The highest BCUT2D eigenvalue weighted by atomic mass is 79.9. The summed E-state index contributed by atoms with van der Waals surface area (Å²) in [4.78, 5) is 12.9. The van der Waals surface area contributed by atoms with Crippen molar-refractivity contribution in [3.05, 3.63) is 33.8 Å². The molecule has 0 atom stereocenters. The van der Waals surface area contributed by atoms with Crippen LogP contribution >= 0.6 is 15.9 Å². The maximum Gasteiger partial charge on any atom is 0.336 e. The van der Waals surface area contributed by atoms with Gasteiger partial charge >= 0.3 is 5.97 Å². The van der Waals surface area contributed by atoms with Gasteiger partial charge in [0.15, 0.2) is 0 Å². The van der Waals surface area contributed by atoms with E-state index in [0.717, 1.165) is 10.0 Å². The SMILES string of the molecule is CN(C)Cc1c(Br)cccc1C(=O)O. The lowest BCUT2D eigenvalue weighted by Gasteiger charge is -2.13. The number of aromatic carboxylic acids is 1. The highest BCUT2D eigenvalue weighted by Crippen LogP contribution is 2.21. The Morgan fingerprint density at radius 1 is 1.50 bits per heavy atom. The normalized spacial score (nSPS) is 10.6. The van der Waals surface area contributed by atoms with Crippen LogP contribution < -0.4 is 0 Å². The van der Waals surface area contributed by atoms with Crippen LogP contribution in [0.5, 0.6) is 0 Å². The highest BCUT2D eigenvalue weighted by Gasteiger charge is 2.12. The molecule has 0 spiro atoms. The maximum absolute atomic E-state index is 10.9. The molecule has 14 heavy (non-hydrogen) atoms. The molecule has 76 valence electrons. The molecule has 0 saturated heterocycles. The summed E-state index contributed by atoms with van der Waals surface area (Å²) in [5.74, 6) is -0.886. The quantitative estimate of drug-likeness (QED) is 0.903. The van der Waals surface area contributed by atoms with E-state index in [-0.39, 0.29) is 0 Å². The van der Waals surface area contributed by atoms with Crippen molar-refractivity contribution in [3.8, 4) is 0 Å². The molecule has 0 saturated carbocycles. The van der Waals surface area contributed by atoms with Crippen molar-refractivity contribution in [2.24, 2.45) is 0 Å².